The molecule has 0 saturated carbocycles. The first-order chi connectivity index (χ1) is 18.5. The first kappa shape index (κ1) is 28.1. The lowest BCUT2D eigenvalue weighted by Crippen LogP contribution is -2.68. The van der Waals surface area contributed by atoms with Gasteiger partial charge in [-0.15, -0.1) is 0 Å². The van der Waals surface area contributed by atoms with Crippen molar-refractivity contribution in [1.29, 1.82) is 0 Å². The third-order valence-corrected chi connectivity index (χ3v) is 5.75. The van der Waals surface area contributed by atoms with Crippen molar-refractivity contribution in [3.63, 3.8) is 0 Å². The molecule has 2 amide bonds. The number of alkyl carbamates (subject to hydrolysis) is 1. The highest BCUT2D eigenvalue weighted by molar-refractivity contribution is 6.62. The Morgan fingerprint density at radius 2 is 1.46 bits per heavy atom. The maximum atomic E-state index is 12.8. The number of carbonyl (C=O) groups is 4. The van der Waals surface area contributed by atoms with Crippen molar-refractivity contribution in [3.05, 3.63) is 85.4 Å². The predicted molar refractivity (Wildman–Crippen MR) is 128 cm³/mol. The maximum absolute atomic E-state index is 12.8. The minimum absolute atomic E-state index is 0.136. The monoisotopic (exact) mass is 540 g/mol. The first-order valence-corrected chi connectivity index (χ1v) is 11.2. The zero-order valence-electron chi connectivity index (χ0n) is 20.1. The zero-order chi connectivity index (χ0) is 28.7. The second-order valence-corrected chi connectivity index (χ2v) is 8.26. The number of nitrogens with one attached hydrogen (secondary N) is 2. The molecule has 0 bridgehead atoms. The molecule has 1 aliphatic rings. The molecule has 1 aliphatic heterocycles. The molecule has 3 rings (SSSR count). The van der Waals surface area contributed by atoms with Crippen molar-refractivity contribution < 1.29 is 43.3 Å². The van der Waals surface area contributed by atoms with Gasteiger partial charge in [0.2, 0.25) is 5.91 Å². The number of benzene rings is 2. The number of nitro benzene ring substituents is 2. The Morgan fingerprint density at radius 3 is 1.90 bits per heavy atom. The summed E-state index contributed by atoms with van der Waals surface area (Å²) in [6, 6.07) is 10.3. The van der Waals surface area contributed by atoms with Crippen molar-refractivity contribution in [3.8, 4) is 0 Å². The summed E-state index contributed by atoms with van der Waals surface area (Å²) in [6.07, 6.45) is -2.00. The number of Topliss-reactive ketones (excluding diaryl/α,β-unsaturated/α-hetero) is 1. The fourth-order valence-electron chi connectivity index (χ4n) is 3.57. The van der Waals surface area contributed by atoms with Crippen LogP contribution in [0.1, 0.15) is 18.1 Å². The van der Waals surface area contributed by atoms with E-state index in [9.17, 15) is 44.9 Å². The van der Waals surface area contributed by atoms with E-state index in [0.717, 1.165) is 0 Å². The van der Waals surface area contributed by atoms with Gasteiger partial charge in [0.25, 0.3) is 17.2 Å². The van der Waals surface area contributed by atoms with Crippen molar-refractivity contribution >= 4 is 40.8 Å². The van der Waals surface area contributed by atoms with Gasteiger partial charge in [-0.25, -0.2) is 9.59 Å². The number of nitro groups is 2. The molecule has 39 heavy (non-hydrogen) atoms. The third-order valence-electron chi connectivity index (χ3n) is 5.75. The van der Waals surface area contributed by atoms with Gasteiger partial charge < -0.3 is 25.6 Å². The van der Waals surface area contributed by atoms with E-state index in [1.165, 1.54) is 55.5 Å². The van der Waals surface area contributed by atoms with E-state index < -0.39 is 57.3 Å². The zero-order valence-corrected chi connectivity index (χ0v) is 20.1. The summed E-state index contributed by atoms with van der Waals surface area (Å²) in [5.41, 5.74) is 8.78. The van der Waals surface area contributed by atoms with Gasteiger partial charge in [-0.3, -0.25) is 29.8 Å². The number of nitrogens with zero attached hydrogens (tertiary/aromatic N) is 4. The molecule has 2 aromatic carbocycles. The van der Waals surface area contributed by atoms with Crippen LogP contribution < -0.4 is 10.6 Å². The van der Waals surface area contributed by atoms with Gasteiger partial charge in [-0.1, -0.05) is 6.92 Å². The van der Waals surface area contributed by atoms with Gasteiger partial charge >= 0.3 is 17.8 Å². The fraction of sp³-hybridized carbons (Fsp3) is 0.261. The minimum atomic E-state index is -1.29. The Balaban J connectivity index is 1.54. The number of hydrogen-bond acceptors (Lipinski definition) is 10. The molecule has 2 aromatic rings. The number of ketones is 1. The van der Waals surface area contributed by atoms with Crippen LogP contribution in [0, 0.1) is 32.1 Å². The Hall–Kier alpha value is -5.50. The Kier molecular flexibility index (Phi) is 8.75. The van der Waals surface area contributed by atoms with Crippen LogP contribution in [0.25, 0.3) is 5.53 Å². The number of hydrogen-bond donors (Lipinski definition) is 2. The molecule has 0 aromatic heterocycles. The number of ether oxygens (including phenoxy) is 2. The molecule has 3 atom stereocenters. The number of amides is 2. The average molecular weight is 540 g/mol. The highest BCUT2D eigenvalue weighted by Gasteiger charge is 2.50. The third kappa shape index (κ3) is 6.84. The van der Waals surface area contributed by atoms with Crippen LogP contribution in [0.2, 0.25) is 0 Å². The van der Waals surface area contributed by atoms with Crippen LogP contribution in [0.3, 0.4) is 0 Å². The van der Waals surface area contributed by atoms with Gasteiger partial charge in [0.1, 0.15) is 19.4 Å². The van der Waals surface area contributed by atoms with E-state index in [2.05, 4.69) is 15.4 Å². The summed E-state index contributed by atoms with van der Waals surface area (Å²) in [5, 5.41) is 26.2. The van der Waals surface area contributed by atoms with Crippen LogP contribution in [0.5, 0.6) is 0 Å². The smallest absolute Gasteiger partial charge is 0.441 e. The lowest BCUT2D eigenvalue weighted by atomic mass is 9.80. The summed E-state index contributed by atoms with van der Waals surface area (Å²) in [5.74, 6) is -5.30. The molecule has 1 fully saturated rings. The van der Waals surface area contributed by atoms with E-state index in [1.54, 1.807) is 0 Å². The molecule has 2 N–H and O–H groups in total. The maximum Gasteiger partial charge on any atom is 0.441 e. The number of non-ortho nitro benzene ring substituents is 2. The highest BCUT2D eigenvalue weighted by Crippen LogP contribution is 2.24. The molecule has 1 heterocycles. The molecule has 16 nitrogen and oxygen atoms in total. The Labute approximate surface area is 218 Å². The standard InChI is InChI=1S/C23H20N6O10/c1-12(19(30)18(27-24)22(32)38-10-13-2-6-15(7-3-13)28(34)35)17-20(25-21(17)31)26-23(33)39-11-14-4-8-16(9-5-14)29(36)37/h2-9,12,17,20H,10-11H2,1H3,(H,25,31)(H,26,33)/t12-,17+,20+/m0/s1. The summed E-state index contributed by atoms with van der Waals surface area (Å²) < 4.78 is 9.98. The Bertz CT molecular complexity index is 1370. The number of esters is 1. The van der Waals surface area contributed by atoms with Crippen LogP contribution in [-0.2, 0) is 37.1 Å². The SMILES string of the molecule is C[C@H](C(=O)C(=[N+]=[N-])C(=O)OCc1ccc([N+](=O)[O-])cc1)[C@H]1C(=O)N[C@@H]1NC(=O)OCc1ccc([N+](=O)[O-])cc1. The van der Waals surface area contributed by atoms with Crippen molar-refractivity contribution in [2.45, 2.75) is 26.3 Å². The topological polar surface area (TPSA) is 233 Å². The van der Waals surface area contributed by atoms with E-state index in [0.29, 0.717) is 11.1 Å². The summed E-state index contributed by atoms with van der Waals surface area (Å²) in [7, 11) is 0. The first-order valence-electron chi connectivity index (χ1n) is 11.2. The van der Waals surface area contributed by atoms with E-state index in [1.807, 2.05) is 0 Å². The minimum Gasteiger partial charge on any atom is -0.452 e. The van der Waals surface area contributed by atoms with Gasteiger partial charge in [0.05, 0.1) is 15.8 Å². The molecular weight excluding hydrogens is 520 g/mol. The molecule has 0 unspecified atom stereocenters. The predicted octanol–water partition coefficient (Wildman–Crippen LogP) is 1.42. The van der Waals surface area contributed by atoms with Gasteiger partial charge in [-0.05, 0) is 35.4 Å². The molecule has 0 radical (unpaired) electrons. The number of rotatable bonds is 11. The van der Waals surface area contributed by atoms with Crippen LogP contribution in [0.4, 0.5) is 16.2 Å². The van der Waals surface area contributed by atoms with Gasteiger partial charge in [0.15, 0.2) is 0 Å². The molecule has 0 aliphatic carbocycles. The second-order valence-electron chi connectivity index (χ2n) is 8.26. The lowest BCUT2D eigenvalue weighted by Gasteiger charge is -2.39. The van der Waals surface area contributed by atoms with Crippen molar-refractivity contribution in [2.24, 2.45) is 11.8 Å². The van der Waals surface area contributed by atoms with Gasteiger partial charge in [0, 0.05) is 30.2 Å². The van der Waals surface area contributed by atoms with Crippen molar-refractivity contribution in [2.75, 3.05) is 0 Å². The van der Waals surface area contributed by atoms with Crippen LogP contribution in [0.15, 0.2) is 48.5 Å². The van der Waals surface area contributed by atoms with Crippen LogP contribution in [-0.4, -0.2) is 50.3 Å². The summed E-state index contributed by atoms with van der Waals surface area (Å²) >= 11 is 0. The second kappa shape index (κ2) is 12.2. The average Bonchev–Trinajstić information content (AvgIpc) is 2.91. The molecule has 0 spiro atoms. The van der Waals surface area contributed by atoms with Crippen molar-refractivity contribution in [1.82, 2.24) is 10.6 Å². The number of carbonyl (C=O) groups excluding carboxylic acids is 4. The van der Waals surface area contributed by atoms with E-state index in [-0.39, 0.29) is 24.6 Å². The quantitative estimate of drug-likeness (QED) is 0.0607. The molecule has 202 valence electrons. The van der Waals surface area contributed by atoms with Gasteiger partial charge in [-0.2, -0.15) is 4.79 Å². The molecule has 1 saturated heterocycles. The van der Waals surface area contributed by atoms with E-state index >= 15 is 0 Å². The largest absolute Gasteiger partial charge is 0.452 e. The summed E-state index contributed by atoms with van der Waals surface area (Å²) in [6.45, 7) is 0.676. The molecule has 16 heteroatoms. The van der Waals surface area contributed by atoms with E-state index in [4.69, 9.17) is 9.47 Å². The number of β-lactam (4-membered cyclic amide) rings is 1. The fourth-order valence-corrected chi connectivity index (χ4v) is 3.57. The molecular formula is C23H20N6O10. The Morgan fingerprint density at radius 1 is 0.974 bits per heavy atom. The highest BCUT2D eigenvalue weighted by atomic mass is 16.6. The summed E-state index contributed by atoms with van der Waals surface area (Å²) in [4.78, 5) is 72.4. The normalized spacial score (nSPS) is 16.4. The van der Waals surface area contributed by atoms with Crippen LogP contribution >= 0.6 is 0 Å². The lowest BCUT2D eigenvalue weighted by molar-refractivity contribution is -0.385.